The van der Waals surface area contributed by atoms with E-state index in [4.69, 9.17) is 21.1 Å². The van der Waals surface area contributed by atoms with Gasteiger partial charge in [-0.25, -0.2) is 4.98 Å². The number of anilines is 1. The third kappa shape index (κ3) is 4.18. The van der Waals surface area contributed by atoms with Crippen LogP contribution in [0.5, 0.6) is 6.01 Å². The van der Waals surface area contributed by atoms with Crippen molar-refractivity contribution in [3.8, 4) is 6.01 Å². The maximum Gasteiger partial charge on any atom is 0.318 e. The average Bonchev–Trinajstić information content (AvgIpc) is 2.50. The lowest BCUT2D eigenvalue weighted by Gasteiger charge is -2.27. The molecule has 0 radical (unpaired) electrons. The van der Waals surface area contributed by atoms with Crippen molar-refractivity contribution >= 4 is 23.4 Å². The Kier molecular flexibility index (Phi) is 5.58. The number of nitrogens with one attached hydrogen (secondary N) is 1. The molecule has 0 saturated carbocycles. The van der Waals surface area contributed by atoms with Crippen molar-refractivity contribution < 1.29 is 19.4 Å². The molecule has 1 saturated heterocycles. The number of carbonyl (C=O) groups is 1. The van der Waals surface area contributed by atoms with Crippen molar-refractivity contribution in [2.24, 2.45) is 11.8 Å². The van der Waals surface area contributed by atoms with Crippen LogP contribution in [0.1, 0.15) is 12.8 Å². The van der Waals surface area contributed by atoms with Crippen LogP contribution in [0, 0.1) is 11.8 Å². The van der Waals surface area contributed by atoms with Gasteiger partial charge in [0.2, 0.25) is 0 Å². The Hall–Kier alpha value is -1.60. The molecular formula is C13H18ClN3O4. The van der Waals surface area contributed by atoms with E-state index in [-0.39, 0.29) is 18.5 Å². The van der Waals surface area contributed by atoms with E-state index in [0.717, 1.165) is 12.8 Å². The van der Waals surface area contributed by atoms with Crippen LogP contribution in [0.3, 0.4) is 0 Å². The highest BCUT2D eigenvalue weighted by atomic mass is 35.5. The normalized spacial score (nSPS) is 17.2. The zero-order valence-electron chi connectivity index (χ0n) is 11.7. The van der Waals surface area contributed by atoms with Crippen molar-refractivity contribution in [1.29, 1.82) is 0 Å². The number of halogens is 1. The van der Waals surface area contributed by atoms with Crippen LogP contribution >= 0.6 is 11.6 Å². The number of aliphatic carboxylic acids is 1. The van der Waals surface area contributed by atoms with Crippen LogP contribution in [0.4, 0.5) is 5.82 Å². The maximum absolute atomic E-state index is 11.5. The van der Waals surface area contributed by atoms with E-state index in [1.54, 1.807) is 0 Å². The van der Waals surface area contributed by atoms with Crippen LogP contribution in [-0.4, -0.2) is 47.9 Å². The Morgan fingerprint density at radius 3 is 2.95 bits per heavy atom. The summed E-state index contributed by atoms with van der Waals surface area (Å²) in [6.07, 6.45) is 2.92. The molecule has 1 aromatic heterocycles. The van der Waals surface area contributed by atoms with E-state index in [9.17, 15) is 9.90 Å². The minimum Gasteiger partial charge on any atom is -0.481 e. The fourth-order valence-electron chi connectivity index (χ4n) is 2.35. The standard InChI is InChI=1S/C13H18ClN3O4/c1-20-13-16-7-10(14)11(17-13)15-6-9(12(18)19)8-2-4-21-5-3-8/h7-9H,2-6H2,1H3,(H,18,19)(H,15,16,17). The second-order valence-electron chi connectivity index (χ2n) is 4.83. The number of methoxy groups -OCH3 is 1. The molecule has 0 aliphatic carbocycles. The monoisotopic (exact) mass is 315 g/mol. The lowest BCUT2D eigenvalue weighted by Crippen LogP contribution is -2.34. The van der Waals surface area contributed by atoms with Gasteiger partial charge in [-0.3, -0.25) is 4.79 Å². The molecule has 1 fully saturated rings. The molecule has 1 aromatic rings. The summed E-state index contributed by atoms with van der Waals surface area (Å²) in [5.41, 5.74) is 0. The van der Waals surface area contributed by atoms with Crippen LogP contribution in [0.25, 0.3) is 0 Å². The summed E-state index contributed by atoms with van der Waals surface area (Å²) in [5, 5.41) is 12.7. The van der Waals surface area contributed by atoms with Gasteiger partial charge in [-0.1, -0.05) is 11.6 Å². The van der Waals surface area contributed by atoms with Gasteiger partial charge in [0.15, 0.2) is 5.82 Å². The Labute approximate surface area is 127 Å². The summed E-state index contributed by atoms with van der Waals surface area (Å²) in [5.74, 6) is -0.870. The molecule has 0 aromatic carbocycles. The fourth-order valence-corrected chi connectivity index (χ4v) is 2.51. The highest BCUT2D eigenvalue weighted by Gasteiger charge is 2.29. The van der Waals surface area contributed by atoms with Crippen LogP contribution in [0.2, 0.25) is 5.02 Å². The first kappa shape index (κ1) is 15.8. The molecular weight excluding hydrogens is 298 g/mol. The van der Waals surface area contributed by atoms with Gasteiger partial charge in [-0.15, -0.1) is 0 Å². The first-order valence-corrected chi connectivity index (χ1v) is 7.10. The second kappa shape index (κ2) is 7.42. The van der Waals surface area contributed by atoms with Crippen molar-refractivity contribution in [2.45, 2.75) is 12.8 Å². The molecule has 7 nitrogen and oxygen atoms in total. The number of aromatic nitrogens is 2. The van der Waals surface area contributed by atoms with Crippen LogP contribution in [0.15, 0.2) is 6.20 Å². The third-order valence-corrected chi connectivity index (χ3v) is 3.82. The highest BCUT2D eigenvalue weighted by molar-refractivity contribution is 6.32. The van der Waals surface area contributed by atoms with Gasteiger partial charge >= 0.3 is 12.0 Å². The molecule has 2 rings (SSSR count). The number of rotatable bonds is 6. The summed E-state index contributed by atoms with van der Waals surface area (Å²) < 4.78 is 10.2. The number of ether oxygens (including phenoxy) is 2. The minimum atomic E-state index is -0.827. The molecule has 1 atom stereocenters. The predicted molar refractivity (Wildman–Crippen MR) is 76.8 cm³/mol. The summed E-state index contributed by atoms with van der Waals surface area (Å²) in [4.78, 5) is 19.4. The number of carboxylic acids is 1. The average molecular weight is 316 g/mol. The number of nitrogens with zero attached hydrogens (tertiary/aromatic N) is 2. The molecule has 1 aliphatic heterocycles. The van der Waals surface area contributed by atoms with E-state index in [1.165, 1.54) is 13.3 Å². The Balaban J connectivity index is 2.02. The van der Waals surface area contributed by atoms with Gasteiger partial charge in [0, 0.05) is 19.8 Å². The van der Waals surface area contributed by atoms with Gasteiger partial charge in [-0.2, -0.15) is 4.98 Å². The van der Waals surface area contributed by atoms with Gasteiger partial charge in [-0.05, 0) is 18.8 Å². The zero-order valence-corrected chi connectivity index (χ0v) is 12.5. The third-order valence-electron chi connectivity index (χ3n) is 3.55. The van der Waals surface area contributed by atoms with E-state index >= 15 is 0 Å². The van der Waals surface area contributed by atoms with Crippen molar-refractivity contribution in [2.75, 3.05) is 32.2 Å². The van der Waals surface area contributed by atoms with Gasteiger partial charge in [0.05, 0.1) is 19.2 Å². The minimum absolute atomic E-state index is 0.0891. The zero-order chi connectivity index (χ0) is 15.2. The smallest absolute Gasteiger partial charge is 0.318 e. The predicted octanol–water partition coefficient (Wildman–Crippen LogP) is 1.68. The van der Waals surface area contributed by atoms with Gasteiger partial charge < -0.3 is 19.9 Å². The van der Waals surface area contributed by atoms with Gasteiger partial charge in [0.1, 0.15) is 5.02 Å². The second-order valence-corrected chi connectivity index (χ2v) is 5.24. The molecule has 2 N–H and O–H groups in total. The van der Waals surface area contributed by atoms with Crippen LogP contribution < -0.4 is 10.1 Å². The van der Waals surface area contributed by atoms with E-state index in [2.05, 4.69) is 15.3 Å². The Morgan fingerprint density at radius 2 is 2.33 bits per heavy atom. The molecule has 0 spiro atoms. The van der Waals surface area contributed by atoms with E-state index in [1.807, 2.05) is 0 Å². The molecule has 0 amide bonds. The molecule has 116 valence electrons. The number of hydrogen-bond donors (Lipinski definition) is 2. The van der Waals surface area contributed by atoms with Crippen molar-refractivity contribution in [3.05, 3.63) is 11.2 Å². The summed E-state index contributed by atoms with van der Waals surface area (Å²) in [6, 6.07) is 0.180. The largest absolute Gasteiger partial charge is 0.481 e. The summed E-state index contributed by atoms with van der Waals surface area (Å²) >= 11 is 5.99. The summed E-state index contributed by atoms with van der Waals surface area (Å²) in [6.45, 7) is 1.47. The number of hydrogen-bond acceptors (Lipinski definition) is 6. The van der Waals surface area contributed by atoms with Crippen molar-refractivity contribution in [1.82, 2.24) is 9.97 Å². The maximum atomic E-state index is 11.5. The van der Waals surface area contributed by atoms with Crippen molar-refractivity contribution in [3.63, 3.8) is 0 Å². The first-order chi connectivity index (χ1) is 10.1. The Bertz CT molecular complexity index is 494. The SMILES string of the molecule is COc1ncc(Cl)c(NCC(C(=O)O)C2CCOCC2)n1. The molecule has 1 unspecified atom stereocenters. The molecule has 8 heteroatoms. The highest BCUT2D eigenvalue weighted by Crippen LogP contribution is 2.26. The van der Waals surface area contributed by atoms with E-state index in [0.29, 0.717) is 24.1 Å². The number of carboxylic acid groups (broad SMARTS) is 1. The topological polar surface area (TPSA) is 93.6 Å². The quantitative estimate of drug-likeness (QED) is 0.824. The Morgan fingerprint density at radius 1 is 1.62 bits per heavy atom. The van der Waals surface area contributed by atoms with E-state index < -0.39 is 11.9 Å². The molecule has 0 bridgehead atoms. The lowest BCUT2D eigenvalue weighted by atomic mass is 9.86. The van der Waals surface area contributed by atoms with Crippen LogP contribution in [-0.2, 0) is 9.53 Å². The van der Waals surface area contributed by atoms with Gasteiger partial charge in [0.25, 0.3) is 0 Å². The molecule has 1 aliphatic rings. The molecule has 2 heterocycles. The lowest BCUT2D eigenvalue weighted by molar-refractivity contribution is -0.144. The fraction of sp³-hybridized carbons (Fsp3) is 0.615. The first-order valence-electron chi connectivity index (χ1n) is 6.72. The summed E-state index contributed by atoms with van der Waals surface area (Å²) in [7, 11) is 1.45. The molecule has 21 heavy (non-hydrogen) atoms.